The number of nitrogens with zero attached hydrogens (tertiary/aromatic N) is 1. The molecule has 2 aromatic rings. The molecule has 2 N–H and O–H groups in total. The lowest BCUT2D eigenvalue weighted by Gasteiger charge is -2.23. The first kappa shape index (κ1) is 12.6. The molecular weight excluding hydrogens is 254 g/mol. The second kappa shape index (κ2) is 5.67. The van der Waals surface area contributed by atoms with Crippen LogP contribution in [0.25, 0.3) is 10.2 Å². The molecule has 1 fully saturated rings. The second-order valence-electron chi connectivity index (χ2n) is 4.16. The normalized spacial score (nSPS) is 16.7. The molecule has 0 radical (unpaired) electrons. The van der Waals surface area contributed by atoms with E-state index in [0.29, 0.717) is 6.04 Å². The second-order valence-corrected chi connectivity index (χ2v) is 5.19. The zero-order chi connectivity index (χ0) is 10.8. The highest BCUT2D eigenvalue weighted by molar-refractivity contribution is 7.22. The Balaban J connectivity index is 0.00000108. The van der Waals surface area contributed by atoms with Crippen LogP contribution in [-0.4, -0.2) is 24.1 Å². The molecule has 2 heterocycles. The number of benzene rings is 1. The van der Waals surface area contributed by atoms with Crippen molar-refractivity contribution in [2.45, 2.75) is 18.9 Å². The fourth-order valence-corrected chi connectivity index (χ4v) is 3.02. The standard InChI is InChI=1S/C12H15N3S.ClH/c1-2-4-11-10(3-1)15-12(16-11)14-9-5-7-13-8-6-9;/h1-4,9,13H,5-8H2,(H,14,15);1H. The summed E-state index contributed by atoms with van der Waals surface area (Å²) in [5.74, 6) is 0. The number of rotatable bonds is 2. The molecule has 5 heteroatoms. The van der Waals surface area contributed by atoms with Crippen molar-refractivity contribution in [2.24, 2.45) is 0 Å². The highest BCUT2D eigenvalue weighted by Gasteiger charge is 2.14. The van der Waals surface area contributed by atoms with Gasteiger partial charge in [-0.1, -0.05) is 23.5 Å². The molecule has 92 valence electrons. The lowest BCUT2D eigenvalue weighted by atomic mass is 10.1. The summed E-state index contributed by atoms with van der Waals surface area (Å²) in [5, 5.41) is 7.97. The molecule has 17 heavy (non-hydrogen) atoms. The van der Waals surface area contributed by atoms with E-state index in [9.17, 15) is 0 Å². The average Bonchev–Trinajstić information content (AvgIpc) is 2.72. The lowest BCUT2D eigenvalue weighted by Crippen LogP contribution is -2.35. The lowest BCUT2D eigenvalue weighted by molar-refractivity contribution is 0.479. The Labute approximate surface area is 111 Å². The Kier molecular flexibility index (Phi) is 4.20. The van der Waals surface area contributed by atoms with Crippen LogP contribution >= 0.6 is 23.7 Å². The van der Waals surface area contributed by atoms with Crippen molar-refractivity contribution in [1.82, 2.24) is 10.3 Å². The SMILES string of the molecule is Cl.c1ccc2sc(NC3CCNCC3)nc2c1. The summed E-state index contributed by atoms with van der Waals surface area (Å²) in [6.07, 6.45) is 2.38. The number of aromatic nitrogens is 1. The van der Waals surface area contributed by atoms with Crippen LogP contribution in [0.4, 0.5) is 5.13 Å². The van der Waals surface area contributed by atoms with Crippen molar-refractivity contribution in [3.63, 3.8) is 0 Å². The largest absolute Gasteiger partial charge is 0.359 e. The van der Waals surface area contributed by atoms with Crippen molar-refractivity contribution < 1.29 is 0 Å². The van der Waals surface area contributed by atoms with Crippen LogP contribution in [0, 0.1) is 0 Å². The summed E-state index contributed by atoms with van der Waals surface area (Å²) in [7, 11) is 0. The topological polar surface area (TPSA) is 37.0 Å². The maximum Gasteiger partial charge on any atom is 0.184 e. The number of hydrogen-bond acceptors (Lipinski definition) is 4. The van der Waals surface area contributed by atoms with Crippen molar-refractivity contribution in [3.8, 4) is 0 Å². The number of nitrogens with one attached hydrogen (secondary N) is 2. The monoisotopic (exact) mass is 269 g/mol. The molecule has 0 unspecified atom stereocenters. The molecule has 1 saturated heterocycles. The number of hydrogen-bond donors (Lipinski definition) is 2. The predicted molar refractivity (Wildman–Crippen MR) is 76.4 cm³/mol. The third-order valence-corrected chi connectivity index (χ3v) is 3.93. The summed E-state index contributed by atoms with van der Waals surface area (Å²) in [4.78, 5) is 4.59. The summed E-state index contributed by atoms with van der Waals surface area (Å²) < 4.78 is 1.26. The molecule has 0 amide bonds. The Morgan fingerprint density at radius 2 is 2.00 bits per heavy atom. The van der Waals surface area contributed by atoms with E-state index < -0.39 is 0 Å². The molecule has 3 nitrogen and oxygen atoms in total. The number of fused-ring (bicyclic) bond motifs is 1. The fraction of sp³-hybridized carbons (Fsp3) is 0.417. The third kappa shape index (κ3) is 2.89. The van der Waals surface area contributed by atoms with Gasteiger partial charge in [-0.15, -0.1) is 12.4 Å². The molecule has 3 rings (SSSR count). The van der Waals surface area contributed by atoms with Gasteiger partial charge in [0.1, 0.15) is 0 Å². The highest BCUT2D eigenvalue weighted by atomic mass is 35.5. The highest BCUT2D eigenvalue weighted by Crippen LogP contribution is 2.26. The number of piperidine rings is 1. The number of thiazole rings is 1. The molecule has 1 aromatic heterocycles. The van der Waals surface area contributed by atoms with E-state index in [1.165, 1.54) is 17.5 Å². The van der Waals surface area contributed by atoms with Crippen molar-refractivity contribution >= 4 is 39.1 Å². The van der Waals surface area contributed by atoms with Crippen molar-refractivity contribution in [3.05, 3.63) is 24.3 Å². The van der Waals surface area contributed by atoms with E-state index >= 15 is 0 Å². The predicted octanol–water partition coefficient (Wildman–Crippen LogP) is 2.88. The fourth-order valence-electron chi connectivity index (χ4n) is 2.07. The van der Waals surface area contributed by atoms with E-state index in [-0.39, 0.29) is 12.4 Å². The van der Waals surface area contributed by atoms with Gasteiger partial charge in [-0.25, -0.2) is 4.98 Å². The third-order valence-electron chi connectivity index (χ3n) is 2.96. The van der Waals surface area contributed by atoms with E-state index in [1.54, 1.807) is 11.3 Å². The van der Waals surface area contributed by atoms with Gasteiger partial charge >= 0.3 is 0 Å². The van der Waals surface area contributed by atoms with Gasteiger partial charge in [0.15, 0.2) is 5.13 Å². The van der Waals surface area contributed by atoms with Gasteiger partial charge in [-0.3, -0.25) is 0 Å². The summed E-state index contributed by atoms with van der Waals surface area (Å²) in [6, 6.07) is 8.88. The first-order valence-electron chi connectivity index (χ1n) is 5.75. The Morgan fingerprint density at radius 1 is 1.24 bits per heavy atom. The molecule has 0 spiro atoms. The van der Waals surface area contributed by atoms with E-state index in [2.05, 4.69) is 33.8 Å². The molecule has 1 aromatic carbocycles. The molecule has 0 aliphatic carbocycles. The van der Waals surface area contributed by atoms with Crippen LogP contribution in [0.1, 0.15) is 12.8 Å². The van der Waals surface area contributed by atoms with Crippen LogP contribution in [-0.2, 0) is 0 Å². The maximum atomic E-state index is 4.59. The zero-order valence-electron chi connectivity index (χ0n) is 9.48. The van der Waals surface area contributed by atoms with Gasteiger partial charge in [0.25, 0.3) is 0 Å². The minimum absolute atomic E-state index is 0. The van der Waals surface area contributed by atoms with Crippen LogP contribution < -0.4 is 10.6 Å². The van der Waals surface area contributed by atoms with Gasteiger partial charge in [-0.2, -0.15) is 0 Å². The van der Waals surface area contributed by atoms with Gasteiger partial charge < -0.3 is 10.6 Å². The van der Waals surface area contributed by atoms with Crippen LogP contribution in [0.5, 0.6) is 0 Å². The quantitative estimate of drug-likeness (QED) is 0.880. The smallest absolute Gasteiger partial charge is 0.184 e. The zero-order valence-corrected chi connectivity index (χ0v) is 11.1. The first-order valence-corrected chi connectivity index (χ1v) is 6.56. The van der Waals surface area contributed by atoms with E-state index in [0.717, 1.165) is 23.7 Å². The number of anilines is 1. The van der Waals surface area contributed by atoms with E-state index in [1.807, 2.05) is 6.07 Å². The molecule has 0 atom stereocenters. The van der Waals surface area contributed by atoms with Crippen molar-refractivity contribution in [2.75, 3.05) is 18.4 Å². The van der Waals surface area contributed by atoms with Gasteiger partial charge in [0, 0.05) is 6.04 Å². The molecule has 1 aliphatic heterocycles. The van der Waals surface area contributed by atoms with Crippen LogP contribution in [0.3, 0.4) is 0 Å². The molecule has 0 bridgehead atoms. The van der Waals surface area contributed by atoms with Crippen LogP contribution in [0.15, 0.2) is 24.3 Å². The molecular formula is C12H16ClN3S. The summed E-state index contributed by atoms with van der Waals surface area (Å²) in [5.41, 5.74) is 1.10. The molecule has 1 aliphatic rings. The van der Waals surface area contributed by atoms with E-state index in [4.69, 9.17) is 0 Å². The van der Waals surface area contributed by atoms with Crippen LogP contribution in [0.2, 0.25) is 0 Å². The van der Waals surface area contributed by atoms with Crippen molar-refractivity contribution in [1.29, 1.82) is 0 Å². The van der Waals surface area contributed by atoms with Gasteiger partial charge in [0.2, 0.25) is 0 Å². The average molecular weight is 270 g/mol. The first-order chi connectivity index (χ1) is 7.92. The summed E-state index contributed by atoms with van der Waals surface area (Å²) in [6.45, 7) is 2.23. The minimum atomic E-state index is 0. The number of para-hydroxylation sites is 1. The maximum absolute atomic E-state index is 4.59. The number of halogens is 1. The Hall–Kier alpha value is -0.840. The summed E-state index contributed by atoms with van der Waals surface area (Å²) >= 11 is 1.75. The minimum Gasteiger partial charge on any atom is -0.359 e. The van der Waals surface area contributed by atoms with Gasteiger partial charge in [-0.05, 0) is 38.1 Å². The Bertz CT molecular complexity index is 446. The Morgan fingerprint density at radius 3 is 2.76 bits per heavy atom. The van der Waals surface area contributed by atoms with Gasteiger partial charge in [0.05, 0.1) is 10.2 Å². The molecule has 0 saturated carbocycles.